The highest BCUT2D eigenvalue weighted by molar-refractivity contribution is 6.32. The van der Waals surface area contributed by atoms with Crippen LogP contribution >= 0.6 is 11.6 Å². The van der Waals surface area contributed by atoms with Crippen molar-refractivity contribution < 1.29 is 9.59 Å². The molecule has 7 heteroatoms. The first kappa shape index (κ1) is 15.1. The van der Waals surface area contributed by atoms with Gasteiger partial charge in [-0.05, 0) is 12.1 Å². The van der Waals surface area contributed by atoms with Crippen LogP contribution in [0.2, 0.25) is 5.02 Å². The fourth-order valence-electron chi connectivity index (χ4n) is 2.16. The summed E-state index contributed by atoms with van der Waals surface area (Å²) >= 11 is 5.91. The van der Waals surface area contributed by atoms with Gasteiger partial charge < -0.3 is 16.0 Å². The molecule has 0 aromatic heterocycles. The second-order valence-electron chi connectivity index (χ2n) is 4.61. The number of primary amides is 1. The summed E-state index contributed by atoms with van der Waals surface area (Å²) in [7, 11) is 0. The van der Waals surface area contributed by atoms with Gasteiger partial charge in [-0.2, -0.15) is 0 Å². The summed E-state index contributed by atoms with van der Waals surface area (Å²) in [5.74, 6) is -0.713. The topological polar surface area (TPSA) is 99.3 Å². The van der Waals surface area contributed by atoms with E-state index in [0.29, 0.717) is 35.8 Å². The number of carbonyl (C=O) groups is 2. The average Bonchev–Trinajstić information content (AvgIpc) is 2.47. The average molecular weight is 307 g/mol. The Morgan fingerprint density at radius 2 is 2.24 bits per heavy atom. The zero-order valence-electron chi connectivity index (χ0n) is 11.2. The Balaban J connectivity index is 2.41. The first-order valence-corrected chi connectivity index (χ1v) is 6.71. The van der Waals surface area contributed by atoms with Gasteiger partial charge in [-0.15, -0.1) is 0 Å². The van der Waals surface area contributed by atoms with Crippen molar-refractivity contribution >= 4 is 29.6 Å². The van der Waals surface area contributed by atoms with Crippen molar-refractivity contribution in [3.8, 4) is 0 Å². The van der Waals surface area contributed by atoms with E-state index < -0.39 is 5.91 Å². The molecule has 1 aromatic rings. The number of amides is 2. The van der Waals surface area contributed by atoms with Crippen LogP contribution in [0.3, 0.4) is 0 Å². The number of benzene rings is 1. The van der Waals surface area contributed by atoms with Crippen LogP contribution < -0.4 is 11.1 Å². The van der Waals surface area contributed by atoms with E-state index in [2.05, 4.69) is 5.32 Å². The first-order chi connectivity index (χ1) is 10.0. The van der Waals surface area contributed by atoms with Gasteiger partial charge in [-0.25, -0.2) is 0 Å². The third-order valence-electron chi connectivity index (χ3n) is 3.16. The summed E-state index contributed by atoms with van der Waals surface area (Å²) in [6.45, 7) is 1.28. The number of halogens is 1. The lowest BCUT2D eigenvalue weighted by atomic mass is 9.99. The smallest absolute Gasteiger partial charge is 0.252 e. The maximum absolute atomic E-state index is 11.7. The number of carbonyl (C=O) groups excluding carboxylic acids is 2. The largest absolute Gasteiger partial charge is 0.384 e. The summed E-state index contributed by atoms with van der Waals surface area (Å²) in [4.78, 5) is 24.1. The molecule has 0 spiro atoms. The number of nitrogens with two attached hydrogens (primary N) is 1. The zero-order valence-corrected chi connectivity index (χ0v) is 12.0. The van der Waals surface area contributed by atoms with Crippen molar-refractivity contribution in [3.63, 3.8) is 0 Å². The molecule has 0 radical (unpaired) electrons. The second kappa shape index (κ2) is 6.41. The Morgan fingerprint density at radius 3 is 2.86 bits per heavy atom. The molecular weight excluding hydrogens is 292 g/mol. The van der Waals surface area contributed by atoms with Crippen molar-refractivity contribution in [1.29, 1.82) is 5.41 Å². The molecular formula is C14H15ClN4O2. The van der Waals surface area contributed by atoms with Crippen LogP contribution in [-0.4, -0.2) is 42.6 Å². The molecule has 4 N–H and O–H groups in total. The van der Waals surface area contributed by atoms with E-state index in [1.165, 1.54) is 4.90 Å². The fraction of sp³-hybridized carbons (Fsp3) is 0.214. The lowest BCUT2D eigenvalue weighted by Gasteiger charge is -2.28. The van der Waals surface area contributed by atoms with Crippen molar-refractivity contribution in [3.05, 3.63) is 46.1 Å². The Labute approximate surface area is 127 Å². The molecule has 1 saturated heterocycles. The second-order valence-corrected chi connectivity index (χ2v) is 5.04. The summed E-state index contributed by atoms with van der Waals surface area (Å²) in [5.41, 5.74) is 6.44. The maximum Gasteiger partial charge on any atom is 0.252 e. The van der Waals surface area contributed by atoms with E-state index in [4.69, 9.17) is 22.7 Å². The SMILES string of the molecule is N=C(/C(C(N)=O)=C1/CN(C=O)CCN1)c1cccc(Cl)c1. The highest BCUT2D eigenvalue weighted by Crippen LogP contribution is 2.17. The molecule has 2 rings (SSSR count). The monoisotopic (exact) mass is 306 g/mol. The Morgan fingerprint density at radius 1 is 1.48 bits per heavy atom. The molecule has 1 fully saturated rings. The molecule has 1 aliphatic heterocycles. The lowest BCUT2D eigenvalue weighted by molar-refractivity contribution is -0.118. The molecule has 6 nitrogen and oxygen atoms in total. The molecule has 0 atom stereocenters. The van der Waals surface area contributed by atoms with Crippen molar-refractivity contribution in [2.24, 2.45) is 5.73 Å². The number of hydrogen-bond donors (Lipinski definition) is 3. The van der Waals surface area contributed by atoms with Crippen LogP contribution in [0, 0.1) is 5.41 Å². The van der Waals surface area contributed by atoms with Crippen LogP contribution in [0.4, 0.5) is 0 Å². The van der Waals surface area contributed by atoms with Gasteiger partial charge in [0.25, 0.3) is 5.91 Å². The Kier molecular flexibility index (Phi) is 4.59. The van der Waals surface area contributed by atoms with Gasteiger partial charge >= 0.3 is 0 Å². The summed E-state index contributed by atoms with van der Waals surface area (Å²) in [6, 6.07) is 6.65. The van der Waals surface area contributed by atoms with Crippen LogP contribution in [0.25, 0.3) is 0 Å². The third kappa shape index (κ3) is 3.41. The zero-order chi connectivity index (χ0) is 15.4. The van der Waals surface area contributed by atoms with E-state index in [0.717, 1.165) is 0 Å². The summed E-state index contributed by atoms with van der Waals surface area (Å²) < 4.78 is 0. The molecule has 1 heterocycles. The predicted molar refractivity (Wildman–Crippen MR) is 80.1 cm³/mol. The van der Waals surface area contributed by atoms with E-state index in [1.54, 1.807) is 24.3 Å². The van der Waals surface area contributed by atoms with Crippen LogP contribution in [0.15, 0.2) is 35.5 Å². The minimum absolute atomic E-state index is 0.0137. The molecule has 0 aliphatic carbocycles. The van der Waals surface area contributed by atoms with Gasteiger partial charge in [0.15, 0.2) is 0 Å². The Bertz CT molecular complexity index is 627. The fourth-order valence-corrected chi connectivity index (χ4v) is 2.35. The van der Waals surface area contributed by atoms with Gasteiger partial charge in [-0.1, -0.05) is 23.7 Å². The number of nitrogens with one attached hydrogen (secondary N) is 2. The van der Waals surface area contributed by atoms with Crippen molar-refractivity contribution in [1.82, 2.24) is 10.2 Å². The molecule has 21 heavy (non-hydrogen) atoms. The molecule has 0 saturated carbocycles. The van der Waals surface area contributed by atoms with Crippen LogP contribution in [0.1, 0.15) is 5.56 Å². The molecule has 0 bridgehead atoms. The summed E-state index contributed by atoms with van der Waals surface area (Å²) in [5, 5.41) is 11.7. The van der Waals surface area contributed by atoms with E-state index in [-0.39, 0.29) is 17.8 Å². The van der Waals surface area contributed by atoms with Crippen LogP contribution in [0.5, 0.6) is 0 Å². The van der Waals surface area contributed by atoms with Gasteiger partial charge in [0.1, 0.15) is 0 Å². The number of hydrogen-bond acceptors (Lipinski definition) is 4. The highest BCUT2D eigenvalue weighted by atomic mass is 35.5. The van der Waals surface area contributed by atoms with E-state index >= 15 is 0 Å². The quantitative estimate of drug-likeness (QED) is 0.429. The Hall–Kier alpha value is -2.34. The predicted octanol–water partition coefficient (Wildman–Crippen LogP) is 0.509. The minimum atomic E-state index is -0.713. The van der Waals surface area contributed by atoms with Crippen molar-refractivity contribution in [2.75, 3.05) is 19.6 Å². The number of rotatable bonds is 4. The van der Waals surface area contributed by atoms with Gasteiger partial charge in [0.2, 0.25) is 6.41 Å². The molecule has 1 aromatic carbocycles. The normalized spacial score (nSPS) is 16.9. The molecule has 1 aliphatic rings. The number of nitrogens with zero attached hydrogens (tertiary/aromatic N) is 1. The minimum Gasteiger partial charge on any atom is -0.384 e. The molecule has 110 valence electrons. The van der Waals surface area contributed by atoms with E-state index in [1.807, 2.05) is 0 Å². The summed E-state index contributed by atoms with van der Waals surface area (Å²) in [6.07, 6.45) is 0.711. The number of piperazine rings is 1. The lowest BCUT2D eigenvalue weighted by Crippen LogP contribution is -2.43. The van der Waals surface area contributed by atoms with Crippen LogP contribution in [-0.2, 0) is 9.59 Å². The highest BCUT2D eigenvalue weighted by Gasteiger charge is 2.23. The van der Waals surface area contributed by atoms with Gasteiger partial charge in [-0.3, -0.25) is 15.0 Å². The molecule has 0 unspecified atom stereocenters. The van der Waals surface area contributed by atoms with Gasteiger partial charge in [0, 0.05) is 29.4 Å². The van der Waals surface area contributed by atoms with Gasteiger partial charge in [0.05, 0.1) is 17.8 Å². The standard InChI is InChI=1S/C14H15ClN4O2/c15-10-3-1-2-9(6-10)13(16)12(14(17)21)11-7-19(8-20)5-4-18-11/h1-3,6,8,16,18H,4-5,7H2,(H2,17,21)/b12-11+,16-13?. The maximum atomic E-state index is 11.7. The van der Waals surface area contributed by atoms with Crippen molar-refractivity contribution in [2.45, 2.75) is 0 Å². The van der Waals surface area contributed by atoms with E-state index in [9.17, 15) is 9.59 Å². The first-order valence-electron chi connectivity index (χ1n) is 6.34. The third-order valence-corrected chi connectivity index (χ3v) is 3.39. The molecule has 2 amide bonds.